The number of guanidine groups is 1. The van der Waals surface area contributed by atoms with Gasteiger partial charge in [-0.2, -0.15) is 4.98 Å². The molecule has 0 radical (unpaired) electrons. The van der Waals surface area contributed by atoms with Crippen molar-refractivity contribution in [3.63, 3.8) is 0 Å². The van der Waals surface area contributed by atoms with Gasteiger partial charge in [-0.05, 0) is 31.7 Å². The van der Waals surface area contributed by atoms with Gasteiger partial charge in [-0.1, -0.05) is 35.5 Å². The van der Waals surface area contributed by atoms with E-state index in [0.29, 0.717) is 11.7 Å². The average Bonchev–Trinajstić information content (AvgIpc) is 2.99. The standard InChI is InChI=1S/C17H25N5O.HI/c1-14-21-16(23-22-14)11-7-13-20-17(18-2)19-12-6-10-15-8-4-3-5-9-15;/h3-5,8-9H,6-7,10-13H2,1-2H3,(H2,18,19,20);1H. The molecule has 0 saturated carbocycles. The molecule has 0 aliphatic carbocycles. The van der Waals surface area contributed by atoms with E-state index >= 15 is 0 Å². The fourth-order valence-corrected chi connectivity index (χ4v) is 2.25. The van der Waals surface area contributed by atoms with Gasteiger partial charge in [0.1, 0.15) is 0 Å². The van der Waals surface area contributed by atoms with E-state index in [4.69, 9.17) is 4.52 Å². The Hall–Kier alpha value is -1.64. The smallest absolute Gasteiger partial charge is 0.226 e. The number of aliphatic imine (C=N–C) groups is 1. The zero-order chi connectivity index (χ0) is 16.3. The summed E-state index contributed by atoms with van der Waals surface area (Å²) in [4.78, 5) is 8.41. The van der Waals surface area contributed by atoms with Crippen molar-refractivity contribution in [2.75, 3.05) is 20.1 Å². The lowest BCUT2D eigenvalue weighted by Gasteiger charge is -2.11. The highest BCUT2D eigenvalue weighted by molar-refractivity contribution is 14.0. The Morgan fingerprint density at radius 2 is 1.75 bits per heavy atom. The van der Waals surface area contributed by atoms with E-state index in [-0.39, 0.29) is 24.0 Å². The molecule has 0 fully saturated rings. The molecule has 0 aliphatic rings. The molecule has 1 aromatic carbocycles. The SMILES string of the molecule is CN=C(NCCCc1ccccc1)NCCCc1nc(C)no1.I. The van der Waals surface area contributed by atoms with Gasteiger partial charge in [0.15, 0.2) is 11.8 Å². The van der Waals surface area contributed by atoms with E-state index in [0.717, 1.165) is 44.7 Å². The van der Waals surface area contributed by atoms with E-state index in [1.54, 1.807) is 7.05 Å². The van der Waals surface area contributed by atoms with Gasteiger partial charge >= 0.3 is 0 Å². The summed E-state index contributed by atoms with van der Waals surface area (Å²) in [5.74, 6) is 2.21. The normalized spacial score (nSPS) is 11.0. The summed E-state index contributed by atoms with van der Waals surface area (Å²) >= 11 is 0. The summed E-state index contributed by atoms with van der Waals surface area (Å²) in [6, 6.07) is 10.5. The molecule has 0 aliphatic heterocycles. The highest BCUT2D eigenvalue weighted by Gasteiger charge is 2.02. The maximum atomic E-state index is 5.08. The van der Waals surface area contributed by atoms with Crippen LogP contribution in [0.5, 0.6) is 0 Å². The van der Waals surface area contributed by atoms with E-state index < -0.39 is 0 Å². The molecule has 2 aromatic rings. The maximum absolute atomic E-state index is 5.08. The van der Waals surface area contributed by atoms with E-state index in [1.807, 2.05) is 13.0 Å². The summed E-state index contributed by atoms with van der Waals surface area (Å²) in [7, 11) is 1.79. The predicted molar refractivity (Wildman–Crippen MR) is 107 cm³/mol. The first-order valence-electron chi connectivity index (χ1n) is 8.05. The van der Waals surface area contributed by atoms with Crippen LogP contribution in [-0.2, 0) is 12.8 Å². The number of nitrogens with one attached hydrogen (secondary N) is 2. The molecular formula is C17H26IN5O. The van der Waals surface area contributed by atoms with E-state index in [1.165, 1.54) is 5.56 Å². The second kappa shape index (κ2) is 11.8. The molecule has 1 heterocycles. The quantitative estimate of drug-likeness (QED) is 0.284. The highest BCUT2D eigenvalue weighted by Crippen LogP contribution is 2.01. The van der Waals surface area contributed by atoms with Crippen molar-refractivity contribution in [2.24, 2.45) is 4.99 Å². The summed E-state index contributed by atoms with van der Waals surface area (Å²) < 4.78 is 5.08. The third-order valence-electron chi connectivity index (χ3n) is 3.43. The van der Waals surface area contributed by atoms with Crippen LogP contribution in [0.1, 0.15) is 30.1 Å². The first-order valence-corrected chi connectivity index (χ1v) is 8.05. The molecule has 7 heteroatoms. The molecule has 2 rings (SSSR count). The number of hydrogen-bond acceptors (Lipinski definition) is 4. The van der Waals surface area contributed by atoms with Crippen LogP contribution in [0.3, 0.4) is 0 Å². The molecule has 2 N–H and O–H groups in total. The lowest BCUT2D eigenvalue weighted by Crippen LogP contribution is -2.38. The predicted octanol–water partition coefficient (Wildman–Crippen LogP) is 2.73. The zero-order valence-corrected chi connectivity index (χ0v) is 16.6. The minimum Gasteiger partial charge on any atom is -0.356 e. The van der Waals surface area contributed by atoms with Crippen molar-refractivity contribution < 1.29 is 4.52 Å². The number of aryl methyl sites for hydroxylation is 3. The van der Waals surface area contributed by atoms with Crippen molar-refractivity contribution in [1.29, 1.82) is 0 Å². The molecule has 1 aromatic heterocycles. The number of rotatable bonds is 8. The third kappa shape index (κ3) is 7.76. The van der Waals surface area contributed by atoms with Crippen molar-refractivity contribution in [3.8, 4) is 0 Å². The lowest BCUT2D eigenvalue weighted by atomic mass is 10.1. The Kier molecular flexibility index (Phi) is 10.1. The van der Waals surface area contributed by atoms with Gasteiger partial charge in [0, 0.05) is 26.6 Å². The lowest BCUT2D eigenvalue weighted by molar-refractivity contribution is 0.372. The Balaban J connectivity index is 0.00000288. The molecule has 6 nitrogen and oxygen atoms in total. The summed E-state index contributed by atoms with van der Waals surface area (Å²) in [5.41, 5.74) is 1.37. The van der Waals surface area contributed by atoms with Crippen molar-refractivity contribution >= 4 is 29.9 Å². The Labute approximate surface area is 160 Å². The Morgan fingerprint density at radius 3 is 2.33 bits per heavy atom. The fraction of sp³-hybridized carbons (Fsp3) is 0.471. The zero-order valence-electron chi connectivity index (χ0n) is 14.3. The molecular weight excluding hydrogens is 417 g/mol. The van der Waals surface area contributed by atoms with Crippen molar-refractivity contribution in [1.82, 2.24) is 20.8 Å². The van der Waals surface area contributed by atoms with Crippen LogP contribution in [0.4, 0.5) is 0 Å². The first kappa shape index (κ1) is 20.4. The number of halogens is 1. The number of benzene rings is 1. The van der Waals surface area contributed by atoms with Crippen LogP contribution < -0.4 is 10.6 Å². The Bertz CT molecular complexity index is 600. The molecule has 0 unspecified atom stereocenters. The minimum absolute atomic E-state index is 0. The fourth-order valence-electron chi connectivity index (χ4n) is 2.25. The molecule has 132 valence electrons. The van der Waals surface area contributed by atoms with E-state index in [2.05, 4.69) is 50.0 Å². The highest BCUT2D eigenvalue weighted by atomic mass is 127. The minimum atomic E-state index is 0. The number of hydrogen-bond donors (Lipinski definition) is 2. The molecule has 24 heavy (non-hydrogen) atoms. The van der Waals surface area contributed by atoms with Gasteiger partial charge in [-0.3, -0.25) is 4.99 Å². The van der Waals surface area contributed by atoms with Crippen LogP contribution in [0.25, 0.3) is 0 Å². The number of nitrogens with zero attached hydrogens (tertiary/aromatic N) is 3. The molecule has 0 atom stereocenters. The van der Waals surface area contributed by atoms with Gasteiger partial charge in [-0.25, -0.2) is 0 Å². The summed E-state index contributed by atoms with van der Waals surface area (Å²) in [5, 5.41) is 10.4. The first-order chi connectivity index (χ1) is 11.3. The van der Waals surface area contributed by atoms with Gasteiger partial charge in [0.25, 0.3) is 0 Å². The molecule has 0 spiro atoms. The number of aromatic nitrogens is 2. The van der Waals surface area contributed by atoms with E-state index in [9.17, 15) is 0 Å². The average molecular weight is 443 g/mol. The maximum Gasteiger partial charge on any atom is 0.226 e. The second-order valence-electron chi connectivity index (χ2n) is 5.35. The summed E-state index contributed by atoms with van der Waals surface area (Å²) in [6.45, 7) is 3.55. The molecule has 0 bridgehead atoms. The van der Waals surface area contributed by atoms with Crippen molar-refractivity contribution in [3.05, 3.63) is 47.6 Å². The van der Waals surface area contributed by atoms with Gasteiger partial charge < -0.3 is 15.2 Å². The van der Waals surface area contributed by atoms with Crippen LogP contribution in [0.2, 0.25) is 0 Å². The van der Waals surface area contributed by atoms with Crippen LogP contribution in [-0.4, -0.2) is 36.2 Å². The Morgan fingerprint density at radius 1 is 1.08 bits per heavy atom. The van der Waals surface area contributed by atoms with Gasteiger partial charge in [0.05, 0.1) is 0 Å². The second-order valence-corrected chi connectivity index (χ2v) is 5.35. The van der Waals surface area contributed by atoms with Crippen LogP contribution in [0.15, 0.2) is 39.8 Å². The topological polar surface area (TPSA) is 75.3 Å². The van der Waals surface area contributed by atoms with Crippen molar-refractivity contribution in [2.45, 2.75) is 32.6 Å². The molecule has 0 amide bonds. The third-order valence-corrected chi connectivity index (χ3v) is 3.43. The largest absolute Gasteiger partial charge is 0.356 e. The van der Waals surface area contributed by atoms with Crippen LogP contribution >= 0.6 is 24.0 Å². The van der Waals surface area contributed by atoms with Gasteiger partial charge in [0.2, 0.25) is 5.89 Å². The van der Waals surface area contributed by atoms with Gasteiger partial charge in [-0.15, -0.1) is 24.0 Å². The monoisotopic (exact) mass is 443 g/mol. The summed E-state index contributed by atoms with van der Waals surface area (Å²) in [6.07, 6.45) is 3.85. The molecule has 0 saturated heterocycles. The van der Waals surface area contributed by atoms with Crippen LogP contribution in [0, 0.1) is 6.92 Å².